The molecule has 1 aromatic heterocycles. The number of carbonyl (C=O) groups excluding carboxylic acids is 2. The van der Waals surface area contributed by atoms with Gasteiger partial charge in [-0.15, -0.1) is 0 Å². The van der Waals surface area contributed by atoms with E-state index in [4.69, 9.17) is 9.47 Å². The highest BCUT2D eigenvalue weighted by Gasteiger charge is 2.29. The molecule has 0 radical (unpaired) electrons. The van der Waals surface area contributed by atoms with Crippen molar-refractivity contribution in [2.24, 2.45) is 11.8 Å². The van der Waals surface area contributed by atoms with Crippen molar-refractivity contribution in [1.82, 2.24) is 14.8 Å². The number of aromatic nitrogens is 1. The SMILES string of the molecule is CO[C@@H]1CN(C)C(=O)c2ccc(NC(=O)C3CCCCC3)cc2OC[C@H](C)N(Cc2cccnc2)C[C@H]1C. The van der Waals surface area contributed by atoms with E-state index in [9.17, 15) is 9.59 Å². The standard InChI is InChI=1S/C30H42N4O4/c1-21-17-34(18-23-9-8-14-31-16-23)22(2)20-38-27-15-25(32-29(35)24-10-6-5-7-11-24)12-13-26(27)30(36)33(3)19-28(21)37-4/h8-9,12-16,21-22,24,28H,5-7,10-11,17-20H2,1-4H3,(H,32,35)/t21-,22+,28-/m1/s1. The molecule has 1 aliphatic heterocycles. The topological polar surface area (TPSA) is 84.0 Å². The van der Waals surface area contributed by atoms with Gasteiger partial charge in [-0.05, 0) is 49.4 Å². The molecular weight excluding hydrogens is 480 g/mol. The number of likely N-dealkylation sites (N-methyl/N-ethyl adjacent to an activating group) is 1. The molecule has 1 N–H and O–H groups in total. The number of carbonyl (C=O) groups is 2. The van der Waals surface area contributed by atoms with Gasteiger partial charge in [0.15, 0.2) is 0 Å². The fourth-order valence-corrected chi connectivity index (χ4v) is 5.48. The summed E-state index contributed by atoms with van der Waals surface area (Å²) in [7, 11) is 3.50. The molecule has 2 aliphatic rings. The molecule has 4 rings (SSSR count). The molecule has 2 amide bonds. The molecule has 1 aromatic carbocycles. The Labute approximate surface area is 226 Å². The maximum Gasteiger partial charge on any atom is 0.257 e. The minimum atomic E-state index is -0.125. The minimum absolute atomic E-state index is 0.0486. The number of pyridine rings is 1. The van der Waals surface area contributed by atoms with Crippen LogP contribution in [0.5, 0.6) is 5.75 Å². The molecule has 8 heteroatoms. The van der Waals surface area contributed by atoms with Crippen molar-refractivity contribution in [3.8, 4) is 5.75 Å². The molecule has 3 atom stereocenters. The lowest BCUT2D eigenvalue weighted by Gasteiger charge is -2.36. The average molecular weight is 523 g/mol. The quantitative estimate of drug-likeness (QED) is 0.618. The molecule has 0 saturated heterocycles. The lowest BCUT2D eigenvalue weighted by molar-refractivity contribution is -0.120. The second-order valence-electron chi connectivity index (χ2n) is 10.9. The summed E-state index contributed by atoms with van der Waals surface area (Å²) >= 11 is 0. The molecule has 0 unspecified atom stereocenters. The van der Waals surface area contributed by atoms with Gasteiger partial charge in [-0.1, -0.05) is 32.3 Å². The number of fused-ring (bicyclic) bond motifs is 1. The summed E-state index contributed by atoms with van der Waals surface area (Å²) in [6.07, 6.45) is 8.81. The number of nitrogens with one attached hydrogen (secondary N) is 1. The molecule has 206 valence electrons. The number of nitrogens with zero attached hydrogens (tertiary/aromatic N) is 3. The van der Waals surface area contributed by atoms with Crippen LogP contribution in [0, 0.1) is 11.8 Å². The monoisotopic (exact) mass is 522 g/mol. The Morgan fingerprint density at radius 1 is 1.16 bits per heavy atom. The number of hydrogen-bond donors (Lipinski definition) is 1. The zero-order chi connectivity index (χ0) is 27.1. The molecule has 8 nitrogen and oxygen atoms in total. The predicted molar refractivity (Wildman–Crippen MR) is 148 cm³/mol. The number of hydrogen-bond acceptors (Lipinski definition) is 6. The number of amides is 2. The van der Waals surface area contributed by atoms with E-state index < -0.39 is 0 Å². The lowest BCUT2D eigenvalue weighted by Crippen LogP contribution is -2.46. The second kappa shape index (κ2) is 13.2. The van der Waals surface area contributed by atoms with Crippen LogP contribution in [0.2, 0.25) is 0 Å². The molecule has 1 fully saturated rings. The summed E-state index contributed by atoms with van der Waals surface area (Å²) in [5.41, 5.74) is 2.27. The fraction of sp³-hybridized carbons (Fsp3) is 0.567. The van der Waals surface area contributed by atoms with Crippen LogP contribution in [-0.2, 0) is 16.1 Å². The van der Waals surface area contributed by atoms with Crippen molar-refractivity contribution in [1.29, 1.82) is 0 Å². The van der Waals surface area contributed by atoms with Gasteiger partial charge in [0.05, 0.1) is 11.7 Å². The normalized spacial score (nSPS) is 24.1. The van der Waals surface area contributed by atoms with Crippen LogP contribution in [-0.4, -0.2) is 72.6 Å². The molecule has 1 aliphatic carbocycles. The summed E-state index contributed by atoms with van der Waals surface area (Å²) in [6.45, 7) is 6.68. The van der Waals surface area contributed by atoms with E-state index in [1.54, 1.807) is 43.5 Å². The van der Waals surface area contributed by atoms with E-state index in [1.165, 1.54) is 6.42 Å². The van der Waals surface area contributed by atoms with E-state index >= 15 is 0 Å². The minimum Gasteiger partial charge on any atom is -0.491 e. The first-order chi connectivity index (χ1) is 18.4. The average Bonchev–Trinajstić information content (AvgIpc) is 2.94. The second-order valence-corrected chi connectivity index (χ2v) is 10.9. The third-order valence-corrected chi connectivity index (χ3v) is 7.93. The van der Waals surface area contributed by atoms with Gasteiger partial charge in [-0.3, -0.25) is 19.5 Å². The first-order valence-corrected chi connectivity index (χ1v) is 13.8. The van der Waals surface area contributed by atoms with E-state index in [2.05, 4.69) is 35.1 Å². The zero-order valence-corrected chi connectivity index (χ0v) is 23.2. The van der Waals surface area contributed by atoms with Crippen LogP contribution < -0.4 is 10.1 Å². The number of ether oxygens (including phenoxy) is 2. The summed E-state index contributed by atoms with van der Waals surface area (Å²) in [6, 6.07) is 9.46. The highest BCUT2D eigenvalue weighted by atomic mass is 16.5. The van der Waals surface area contributed by atoms with Gasteiger partial charge in [0.1, 0.15) is 12.4 Å². The van der Waals surface area contributed by atoms with Gasteiger partial charge in [0.2, 0.25) is 5.91 Å². The first-order valence-electron chi connectivity index (χ1n) is 13.8. The van der Waals surface area contributed by atoms with Gasteiger partial charge >= 0.3 is 0 Å². The van der Waals surface area contributed by atoms with Crippen LogP contribution >= 0.6 is 0 Å². The third kappa shape index (κ3) is 7.11. The summed E-state index contributed by atoms with van der Waals surface area (Å²) < 4.78 is 12.2. The Kier molecular flexibility index (Phi) is 9.74. The third-order valence-electron chi connectivity index (χ3n) is 7.93. The number of anilines is 1. The Hall–Kier alpha value is -2.97. The van der Waals surface area contributed by atoms with Crippen molar-refractivity contribution in [2.75, 3.05) is 39.2 Å². The molecule has 2 heterocycles. The van der Waals surface area contributed by atoms with Crippen LogP contribution in [0.4, 0.5) is 5.69 Å². The molecule has 0 bridgehead atoms. The van der Waals surface area contributed by atoms with Crippen LogP contribution in [0.1, 0.15) is 61.9 Å². The van der Waals surface area contributed by atoms with Gasteiger partial charge in [0.25, 0.3) is 5.91 Å². The van der Waals surface area contributed by atoms with Crippen molar-refractivity contribution in [3.63, 3.8) is 0 Å². The molecule has 0 spiro atoms. The maximum atomic E-state index is 13.5. The highest BCUT2D eigenvalue weighted by Crippen LogP contribution is 2.29. The lowest BCUT2D eigenvalue weighted by atomic mass is 9.88. The van der Waals surface area contributed by atoms with Crippen molar-refractivity contribution in [3.05, 3.63) is 53.9 Å². The summed E-state index contributed by atoms with van der Waals surface area (Å²) in [5.74, 6) is 0.645. The van der Waals surface area contributed by atoms with Gasteiger partial charge in [-0.2, -0.15) is 0 Å². The smallest absolute Gasteiger partial charge is 0.257 e. The summed E-state index contributed by atoms with van der Waals surface area (Å²) in [5, 5.41) is 3.07. The van der Waals surface area contributed by atoms with Crippen molar-refractivity contribution in [2.45, 2.75) is 64.6 Å². The molecule has 2 aromatic rings. The van der Waals surface area contributed by atoms with Crippen LogP contribution in [0.15, 0.2) is 42.7 Å². The summed E-state index contributed by atoms with van der Waals surface area (Å²) in [4.78, 5) is 34.7. The van der Waals surface area contributed by atoms with Gasteiger partial charge < -0.3 is 19.7 Å². The molecular formula is C30H42N4O4. The van der Waals surface area contributed by atoms with E-state index in [-0.39, 0.29) is 35.8 Å². The van der Waals surface area contributed by atoms with Crippen molar-refractivity contribution >= 4 is 17.5 Å². The molecule has 38 heavy (non-hydrogen) atoms. The first kappa shape index (κ1) is 28.0. The Bertz CT molecular complexity index is 1070. The van der Waals surface area contributed by atoms with Crippen LogP contribution in [0.25, 0.3) is 0 Å². The highest BCUT2D eigenvalue weighted by molar-refractivity contribution is 5.98. The molecule has 1 saturated carbocycles. The maximum absolute atomic E-state index is 13.5. The van der Waals surface area contributed by atoms with Crippen LogP contribution in [0.3, 0.4) is 0 Å². The Balaban J connectivity index is 1.59. The van der Waals surface area contributed by atoms with E-state index in [0.717, 1.165) is 44.3 Å². The zero-order valence-electron chi connectivity index (χ0n) is 23.2. The van der Waals surface area contributed by atoms with Crippen molar-refractivity contribution < 1.29 is 19.1 Å². The Morgan fingerprint density at radius 2 is 1.95 bits per heavy atom. The number of methoxy groups -OCH3 is 1. The van der Waals surface area contributed by atoms with Gasteiger partial charge in [-0.25, -0.2) is 0 Å². The van der Waals surface area contributed by atoms with Gasteiger partial charge in [0, 0.05) is 69.9 Å². The van der Waals surface area contributed by atoms with E-state index in [0.29, 0.717) is 30.2 Å². The Morgan fingerprint density at radius 3 is 2.66 bits per heavy atom. The predicted octanol–water partition coefficient (Wildman–Crippen LogP) is 4.61. The largest absolute Gasteiger partial charge is 0.491 e. The fourth-order valence-electron chi connectivity index (χ4n) is 5.48. The number of benzene rings is 1. The van der Waals surface area contributed by atoms with E-state index in [1.807, 2.05) is 12.3 Å². The number of rotatable bonds is 5.